The van der Waals surface area contributed by atoms with E-state index in [0.717, 1.165) is 25.4 Å². The van der Waals surface area contributed by atoms with Gasteiger partial charge in [0.1, 0.15) is 5.76 Å². The molecule has 4 nitrogen and oxygen atoms in total. The SMILES string of the molecule is O=C(NCCS)c1ccc(CN2CCCC2)o1. The molecule has 1 aliphatic heterocycles. The molecule has 0 radical (unpaired) electrons. The lowest BCUT2D eigenvalue weighted by Crippen LogP contribution is -2.24. The third-order valence-corrected chi connectivity index (χ3v) is 3.08. The Bertz CT molecular complexity index is 372. The van der Waals surface area contributed by atoms with Crippen LogP contribution in [0.3, 0.4) is 0 Å². The van der Waals surface area contributed by atoms with Gasteiger partial charge in [0.25, 0.3) is 5.91 Å². The molecule has 17 heavy (non-hydrogen) atoms. The Morgan fingerprint density at radius 2 is 2.18 bits per heavy atom. The van der Waals surface area contributed by atoms with E-state index >= 15 is 0 Å². The fourth-order valence-corrected chi connectivity index (χ4v) is 2.11. The molecule has 1 N–H and O–H groups in total. The summed E-state index contributed by atoms with van der Waals surface area (Å²) in [7, 11) is 0. The number of nitrogens with one attached hydrogen (secondary N) is 1. The minimum absolute atomic E-state index is 0.160. The Hall–Kier alpha value is -0.940. The molecule has 0 bridgehead atoms. The van der Waals surface area contributed by atoms with E-state index in [1.54, 1.807) is 6.07 Å². The molecule has 1 amide bonds. The second-order valence-corrected chi connectivity index (χ2v) is 4.68. The minimum Gasteiger partial charge on any atom is -0.455 e. The molecule has 94 valence electrons. The molecule has 0 saturated carbocycles. The number of amides is 1. The zero-order valence-electron chi connectivity index (χ0n) is 9.82. The number of nitrogens with zero attached hydrogens (tertiary/aromatic N) is 1. The van der Waals surface area contributed by atoms with E-state index in [0.29, 0.717) is 18.1 Å². The standard InChI is InChI=1S/C12H18N2O2S/c15-12(13-5-8-17)11-4-3-10(16-11)9-14-6-1-2-7-14/h3-4,17H,1-2,5-9H2,(H,13,15). The molecule has 0 unspecified atom stereocenters. The highest BCUT2D eigenvalue weighted by molar-refractivity contribution is 7.80. The van der Waals surface area contributed by atoms with Crippen molar-refractivity contribution in [3.63, 3.8) is 0 Å². The van der Waals surface area contributed by atoms with Gasteiger partial charge in [0.15, 0.2) is 5.76 Å². The second kappa shape index (κ2) is 6.12. The summed E-state index contributed by atoms with van der Waals surface area (Å²) in [4.78, 5) is 13.9. The van der Waals surface area contributed by atoms with Gasteiger partial charge in [-0.15, -0.1) is 0 Å². The van der Waals surface area contributed by atoms with Crippen molar-refractivity contribution in [1.29, 1.82) is 0 Å². The minimum atomic E-state index is -0.160. The number of hydrogen-bond acceptors (Lipinski definition) is 4. The van der Waals surface area contributed by atoms with E-state index in [1.807, 2.05) is 6.07 Å². The van der Waals surface area contributed by atoms with Crippen LogP contribution in [0.5, 0.6) is 0 Å². The lowest BCUT2D eigenvalue weighted by atomic mass is 10.4. The molecule has 0 aromatic carbocycles. The molecule has 2 heterocycles. The molecular formula is C12H18N2O2S. The Morgan fingerprint density at radius 1 is 1.41 bits per heavy atom. The zero-order valence-corrected chi connectivity index (χ0v) is 10.7. The van der Waals surface area contributed by atoms with Crippen LogP contribution in [0.25, 0.3) is 0 Å². The number of carbonyl (C=O) groups excluding carboxylic acids is 1. The van der Waals surface area contributed by atoms with Crippen LogP contribution in [-0.4, -0.2) is 36.2 Å². The highest BCUT2D eigenvalue weighted by Gasteiger charge is 2.15. The maximum atomic E-state index is 11.6. The average molecular weight is 254 g/mol. The van der Waals surface area contributed by atoms with Crippen molar-refractivity contribution in [3.8, 4) is 0 Å². The van der Waals surface area contributed by atoms with E-state index in [-0.39, 0.29) is 5.91 Å². The largest absolute Gasteiger partial charge is 0.455 e. The van der Waals surface area contributed by atoms with Crippen molar-refractivity contribution in [2.75, 3.05) is 25.4 Å². The predicted octanol–water partition coefficient (Wildman–Crippen LogP) is 1.54. The normalized spacial score (nSPS) is 16.3. The smallest absolute Gasteiger partial charge is 0.287 e. The monoisotopic (exact) mass is 254 g/mol. The molecule has 0 aliphatic carbocycles. The van der Waals surface area contributed by atoms with Gasteiger partial charge in [0, 0.05) is 12.3 Å². The molecular weight excluding hydrogens is 236 g/mol. The summed E-state index contributed by atoms with van der Waals surface area (Å²) in [6.07, 6.45) is 2.52. The first-order valence-electron chi connectivity index (χ1n) is 6.00. The molecule has 1 aromatic rings. The van der Waals surface area contributed by atoms with Crippen molar-refractivity contribution in [2.45, 2.75) is 19.4 Å². The second-order valence-electron chi connectivity index (χ2n) is 4.23. The summed E-state index contributed by atoms with van der Waals surface area (Å²) in [5, 5.41) is 2.73. The summed E-state index contributed by atoms with van der Waals surface area (Å²) in [5.74, 6) is 1.73. The molecule has 2 rings (SSSR count). The van der Waals surface area contributed by atoms with Gasteiger partial charge >= 0.3 is 0 Å². The van der Waals surface area contributed by atoms with Crippen LogP contribution >= 0.6 is 12.6 Å². The summed E-state index contributed by atoms with van der Waals surface area (Å²) in [5.41, 5.74) is 0. The summed E-state index contributed by atoms with van der Waals surface area (Å²) in [6.45, 7) is 3.62. The summed E-state index contributed by atoms with van der Waals surface area (Å²) < 4.78 is 5.53. The van der Waals surface area contributed by atoms with Crippen LogP contribution in [0.15, 0.2) is 16.5 Å². The van der Waals surface area contributed by atoms with E-state index in [4.69, 9.17) is 4.42 Å². The van der Waals surface area contributed by atoms with E-state index < -0.39 is 0 Å². The van der Waals surface area contributed by atoms with Crippen LogP contribution in [0, 0.1) is 0 Å². The van der Waals surface area contributed by atoms with Crippen LogP contribution < -0.4 is 5.32 Å². The number of likely N-dealkylation sites (tertiary alicyclic amines) is 1. The molecule has 0 spiro atoms. The average Bonchev–Trinajstić information content (AvgIpc) is 2.98. The molecule has 1 aliphatic rings. The lowest BCUT2D eigenvalue weighted by molar-refractivity contribution is 0.0925. The van der Waals surface area contributed by atoms with Gasteiger partial charge in [-0.05, 0) is 38.1 Å². The van der Waals surface area contributed by atoms with Gasteiger partial charge in [-0.1, -0.05) is 0 Å². The van der Waals surface area contributed by atoms with Gasteiger partial charge in [-0.25, -0.2) is 0 Å². The van der Waals surface area contributed by atoms with Crippen molar-refractivity contribution in [3.05, 3.63) is 23.7 Å². The Kier molecular flexibility index (Phi) is 4.50. The van der Waals surface area contributed by atoms with Crippen LogP contribution in [-0.2, 0) is 6.54 Å². The van der Waals surface area contributed by atoms with Crippen molar-refractivity contribution < 1.29 is 9.21 Å². The van der Waals surface area contributed by atoms with Crippen LogP contribution in [0.4, 0.5) is 0 Å². The predicted molar refractivity (Wildman–Crippen MR) is 69.4 cm³/mol. The highest BCUT2D eigenvalue weighted by atomic mass is 32.1. The molecule has 5 heteroatoms. The lowest BCUT2D eigenvalue weighted by Gasteiger charge is -2.11. The van der Waals surface area contributed by atoms with E-state index in [9.17, 15) is 4.79 Å². The third kappa shape index (κ3) is 3.51. The first kappa shape index (κ1) is 12.5. The number of thiol groups is 1. The number of furan rings is 1. The van der Waals surface area contributed by atoms with Crippen molar-refractivity contribution >= 4 is 18.5 Å². The topological polar surface area (TPSA) is 45.5 Å². The molecule has 0 atom stereocenters. The Labute approximate surface area is 107 Å². The first-order chi connectivity index (χ1) is 8.29. The van der Waals surface area contributed by atoms with Crippen molar-refractivity contribution in [1.82, 2.24) is 10.2 Å². The molecule has 1 fully saturated rings. The fourth-order valence-electron chi connectivity index (χ4n) is 2.00. The Morgan fingerprint density at radius 3 is 2.88 bits per heavy atom. The maximum Gasteiger partial charge on any atom is 0.287 e. The van der Waals surface area contributed by atoms with E-state index in [1.165, 1.54) is 12.8 Å². The quantitative estimate of drug-likeness (QED) is 0.783. The fraction of sp³-hybridized carbons (Fsp3) is 0.583. The van der Waals surface area contributed by atoms with Crippen molar-refractivity contribution in [2.24, 2.45) is 0 Å². The number of hydrogen-bond donors (Lipinski definition) is 2. The molecule has 1 saturated heterocycles. The summed E-state index contributed by atoms with van der Waals surface area (Å²) in [6, 6.07) is 3.62. The van der Waals surface area contributed by atoms with Gasteiger partial charge in [0.05, 0.1) is 6.54 Å². The van der Waals surface area contributed by atoms with Crippen LogP contribution in [0.2, 0.25) is 0 Å². The van der Waals surface area contributed by atoms with Gasteiger partial charge < -0.3 is 9.73 Å². The van der Waals surface area contributed by atoms with Gasteiger partial charge in [-0.2, -0.15) is 12.6 Å². The van der Waals surface area contributed by atoms with Gasteiger partial charge in [-0.3, -0.25) is 9.69 Å². The zero-order chi connectivity index (χ0) is 12.1. The molecule has 1 aromatic heterocycles. The van der Waals surface area contributed by atoms with Gasteiger partial charge in [0.2, 0.25) is 0 Å². The number of carbonyl (C=O) groups is 1. The third-order valence-electron chi connectivity index (χ3n) is 2.86. The first-order valence-corrected chi connectivity index (χ1v) is 6.63. The highest BCUT2D eigenvalue weighted by Crippen LogP contribution is 2.15. The van der Waals surface area contributed by atoms with E-state index in [2.05, 4.69) is 22.8 Å². The summed E-state index contributed by atoms with van der Waals surface area (Å²) >= 11 is 4.04. The Balaban J connectivity index is 1.88. The maximum absolute atomic E-state index is 11.6. The number of rotatable bonds is 5. The van der Waals surface area contributed by atoms with Crippen LogP contribution in [0.1, 0.15) is 29.2 Å².